The van der Waals surface area contributed by atoms with Crippen LogP contribution in [0.25, 0.3) is 0 Å². The number of rotatable bonds is 4. The number of halogens is 1. The molecule has 1 aliphatic rings. The minimum atomic E-state index is 0.163. The number of benzene rings is 1. The largest absolute Gasteiger partial charge is 0.496 e. The van der Waals surface area contributed by atoms with Crippen molar-refractivity contribution < 1.29 is 9.53 Å². The van der Waals surface area contributed by atoms with Gasteiger partial charge in [-0.2, -0.15) is 0 Å². The molecule has 5 heteroatoms. The molecular weight excluding hydrogens is 308 g/mol. The highest BCUT2D eigenvalue weighted by Gasteiger charge is 2.20. The van der Waals surface area contributed by atoms with E-state index in [-0.39, 0.29) is 11.8 Å². The number of hydrogen-bond acceptors (Lipinski definition) is 4. The molecule has 0 radical (unpaired) electrons. The van der Waals surface area contributed by atoms with Gasteiger partial charge in [-0.05, 0) is 41.2 Å². The minimum Gasteiger partial charge on any atom is -0.496 e. The Bertz CT molecular complexity index is 465. The average Bonchev–Trinajstić information content (AvgIpc) is 2.38. The Kier molecular flexibility index (Phi) is 4.96. The summed E-state index contributed by atoms with van der Waals surface area (Å²) < 4.78 is 5.98. The van der Waals surface area contributed by atoms with Gasteiger partial charge in [0.15, 0.2) is 5.78 Å². The lowest BCUT2D eigenvalue weighted by atomic mass is 10.0. The Morgan fingerprint density at radius 2 is 2.37 bits per heavy atom. The van der Waals surface area contributed by atoms with E-state index in [1.54, 1.807) is 7.11 Å². The summed E-state index contributed by atoms with van der Waals surface area (Å²) in [6.45, 7) is 2.91. The molecule has 0 amide bonds. The molecule has 1 unspecified atom stereocenters. The summed E-state index contributed by atoms with van der Waals surface area (Å²) in [5.74, 6) is 0.906. The smallest absolute Gasteiger partial charge is 0.164 e. The topological polar surface area (TPSA) is 41.6 Å². The zero-order valence-electron chi connectivity index (χ0n) is 11.3. The van der Waals surface area contributed by atoms with Gasteiger partial charge in [-0.25, -0.2) is 0 Å². The minimum absolute atomic E-state index is 0.163. The molecule has 0 aliphatic carbocycles. The molecule has 0 bridgehead atoms. The molecule has 19 heavy (non-hydrogen) atoms. The lowest BCUT2D eigenvalue weighted by Gasteiger charge is -2.30. The highest BCUT2D eigenvalue weighted by atomic mass is 79.9. The number of nitrogens with zero attached hydrogens (tertiary/aromatic N) is 1. The van der Waals surface area contributed by atoms with E-state index in [9.17, 15) is 4.79 Å². The standard InChI is InChI=1S/C14H19BrN2O2/c1-17-6-5-16-11(9-17)8-13(18)10-3-4-14(19-2)12(15)7-10/h3-4,7,11,16H,5-6,8-9H2,1-2H3. The maximum absolute atomic E-state index is 12.3. The first kappa shape index (κ1) is 14.5. The van der Waals surface area contributed by atoms with Gasteiger partial charge in [0, 0.05) is 37.7 Å². The molecule has 1 aromatic carbocycles. The number of piperazine rings is 1. The Labute approximate surface area is 122 Å². The molecule has 1 aliphatic heterocycles. The molecule has 1 fully saturated rings. The number of ketones is 1. The van der Waals surface area contributed by atoms with E-state index in [0.717, 1.165) is 35.4 Å². The Balaban J connectivity index is 2.01. The van der Waals surface area contributed by atoms with Gasteiger partial charge in [-0.1, -0.05) is 0 Å². The number of likely N-dealkylation sites (N-methyl/N-ethyl adjacent to an activating group) is 1. The summed E-state index contributed by atoms with van der Waals surface area (Å²) >= 11 is 3.41. The highest BCUT2D eigenvalue weighted by Crippen LogP contribution is 2.26. The predicted molar refractivity (Wildman–Crippen MR) is 78.9 cm³/mol. The van der Waals surface area contributed by atoms with Crippen molar-refractivity contribution in [2.75, 3.05) is 33.8 Å². The molecule has 4 nitrogen and oxygen atoms in total. The van der Waals surface area contributed by atoms with E-state index in [0.29, 0.717) is 6.42 Å². The molecule has 0 aromatic heterocycles. The van der Waals surface area contributed by atoms with Gasteiger partial charge in [-0.3, -0.25) is 4.79 Å². The molecule has 0 saturated carbocycles. The zero-order valence-corrected chi connectivity index (χ0v) is 12.9. The zero-order chi connectivity index (χ0) is 13.8. The second kappa shape index (κ2) is 6.50. The number of ether oxygens (including phenoxy) is 1. The van der Waals surface area contributed by atoms with Crippen LogP contribution in [-0.2, 0) is 0 Å². The first-order valence-corrected chi connectivity index (χ1v) is 7.18. The Morgan fingerprint density at radius 1 is 1.58 bits per heavy atom. The molecule has 2 rings (SSSR count). The van der Waals surface area contributed by atoms with Gasteiger partial charge in [0.25, 0.3) is 0 Å². The van der Waals surface area contributed by atoms with Gasteiger partial charge in [0.2, 0.25) is 0 Å². The second-order valence-electron chi connectivity index (χ2n) is 4.89. The van der Waals surface area contributed by atoms with Crippen LogP contribution in [0.15, 0.2) is 22.7 Å². The van der Waals surface area contributed by atoms with Crippen LogP contribution in [0.2, 0.25) is 0 Å². The summed E-state index contributed by atoms with van der Waals surface area (Å²) in [7, 11) is 3.70. The normalized spacial score (nSPS) is 20.3. The molecular formula is C14H19BrN2O2. The van der Waals surface area contributed by atoms with Crippen molar-refractivity contribution in [1.29, 1.82) is 0 Å². The molecule has 1 aromatic rings. The van der Waals surface area contributed by atoms with Crippen molar-refractivity contribution in [3.8, 4) is 5.75 Å². The quantitative estimate of drug-likeness (QED) is 0.858. The average molecular weight is 327 g/mol. The van der Waals surface area contributed by atoms with Gasteiger partial charge in [0.05, 0.1) is 11.6 Å². The first-order valence-electron chi connectivity index (χ1n) is 6.39. The van der Waals surface area contributed by atoms with E-state index in [1.165, 1.54) is 0 Å². The van der Waals surface area contributed by atoms with E-state index in [4.69, 9.17) is 4.74 Å². The van der Waals surface area contributed by atoms with Crippen molar-refractivity contribution in [3.63, 3.8) is 0 Å². The number of hydrogen-bond donors (Lipinski definition) is 1. The van der Waals surface area contributed by atoms with E-state index in [1.807, 2.05) is 18.2 Å². The van der Waals surface area contributed by atoms with Gasteiger partial charge in [-0.15, -0.1) is 0 Å². The Morgan fingerprint density at radius 3 is 3.00 bits per heavy atom. The third-order valence-corrected chi connectivity index (χ3v) is 3.98. The number of methoxy groups -OCH3 is 1. The van der Waals surface area contributed by atoms with Crippen LogP contribution in [0, 0.1) is 0 Å². The fourth-order valence-electron chi connectivity index (χ4n) is 2.31. The molecule has 1 heterocycles. The molecule has 104 valence electrons. The summed E-state index contributed by atoms with van der Waals surface area (Å²) in [5, 5.41) is 3.39. The van der Waals surface area contributed by atoms with Gasteiger partial charge >= 0.3 is 0 Å². The number of carbonyl (C=O) groups is 1. The molecule has 1 atom stereocenters. The fourth-order valence-corrected chi connectivity index (χ4v) is 2.85. The lowest BCUT2D eigenvalue weighted by Crippen LogP contribution is -2.49. The maximum atomic E-state index is 12.3. The fraction of sp³-hybridized carbons (Fsp3) is 0.500. The van der Waals surface area contributed by atoms with Crippen LogP contribution in [0.5, 0.6) is 5.75 Å². The van der Waals surface area contributed by atoms with Crippen molar-refractivity contribution in [2.45, 2.75) is 12.5 Å². The Hall–Kier alpha value is -0.910. The number of carbonyl (C=O) groups excluding carboxylic acids is 1. The van der Waals surface area contributed by atoms with Gasteiger partial charge in [0.1, 0.15) is 5.75 Å². The van der Waals surface area contributed by atoms with Crippen LogP contribution in [0.1, 0.15) is 16.8 Å². The summed E-state index contributed by atoms with van der Waals surface area (Å²) in [4.78, 5) is 14.5. The van der Waals surface area contributed by atoms with Crippen LogP contribution in [-0.4, -0.2) is 50.5 Å². The van der Waals surface area contributed by atoms with Crippen molar-refractivity contribution in [2.24, 2.45) is 0 Å². The summed E-state index contributed by atoms with van der Waals surface area (Å²) in [5.41, 5.74) is 0.725. The highest BCUT2D eigenvalue weighted by molar-refractivity contribution is 9.10. The monoisotopic (exact) mass is 326 g/mol. The molecule has 1 saturated heterocycles. The van der Waals surface area contributed by atoms with E-state index < -0.39 is 0 Å². The summed E-state index contributed by atoms with van der Waals surface area (Å²) in [6.07, 6.45) is 0.531. The van der Waals surface area contributed by atoms with Crippen LogP contribution < -0.4 is 10.1 Å². The number of nitrogens with one attached hydrogen (secondary N) is 1. The van der Waals surface area contributed by atoms with Crippen LogP contribution >= 0.6 is 15.9 Å². The third kappa shape index (κ3) is 3.78. The molecule has 1 N–H and O–H groups in total. The second-order valence-corrected chi connectivity index (χ2v) is 5.74. The SMILES string of the molecule is COc1ccc(C(=O)CC2CN(C)CCN2)cc1Br. The van der Waals surface area contributed by atoms with Crippen LogP contribution in [0.3, 0.4) is 0 Å². The van der Waals surface area contributed by atoms with Gasteiger partial charge < -0.3 is 15.0 Å². The van der Waals surface area contributed by atoms with Crippen LogP contribution in [0.4, 0.5) is 0 Å². The third-order valence-electron chi connectivity index (χ3n) is 3.36. The van der Waals surface area contributed by atoms with Crippen molar-refractivity contribution in [1.82, 2.24) is 10.2 Å². The maximum Gasteiger partial charge on any atom is 0.164 e. The van der Waals surface area contributed by atoms with E-state index in [2.05, 4.69) is 33.2 Å². The van der Waals surface area contributed by atoms with Crippen molar-refractivity contribution >= 4 is 21.7 Å². The van der Waals surface area contributed by atoms with E-state index >= 15 is 0 Å². The number of Topliss-reactive ketones (excluding diaryl/α,β-unsaturated/α-hetero) is 1. The first-order chi connectivity index (χ1) is 9.10. The summed E-state index contributed by atoms with van der Waals surface area (Å²) in [6, 6.07) is 5.70. The van der Waals surface area contributed by atoms with Crippen molar-refractivity contribution in [3.05, 3.63) is 28.2 Å². The predicted octanol–water partition coefficient (Wildman–Crippen LogP) is 1.93. The molecule has 0 spiro atoms. The lowest BCUT2D eigenvalue weighted by molar-refractivity contribution is 0.0952.